The Morgan fingerprint density at radius 1 is 1.11 bits per heavy atom. The molecule has 6 heteroatoms. The van der Waals surface area contributed by atoms with Crippen molar-refractivity contribution in [2.75, 3.05) is 13.6 Å². The fraction of sp³-hybridized carbons (Fsp3) is 0.273. The Balaban J connectivity index is 0.00000225. The van der Waals surface area contributed by atoms with Gasteiger partial charge in [0.05, 0.1) is 6.33 Å². The monoisotopic (exact) mass is 487 g/mol. The van der Waals surface area contributed by atoms with Gasteiger partial charge in [0, 0.05) is 45.6 Å². The molecule has 0 unspecified atom stereocenters. The zero-order valence-corrected chi connectivity index (χ0v) is 18.4. The molecule has 2 aromatic carbocycles. The third-order valence-corrected chi connectivity index (χ3v) is 5.01. The van der Waals surface area contributed by atoms with E-state index < -0.39 is 0 Å². The number of fused-ring (bicyclic) bond motifs is 1. The summed E-state index contributed by atoms with van der Waals surface area (Å²) in [4.78, 5) is 10.9. The zero-order valence-electron chi connectivity index (χ0n) is 16.1. The molecule has 0 saturated heterocycles. The first kappa shape index (κ1) is 20.4. The number of benzene rings is 2. The molecule has 3 aromatic rings. The van der Waals surface area contributed by atoms with Crippen LogP contribution in [0.4, 0.5) is 0 Å². The molecule has 0 bridgehead atoms. The fourth-order valence-electron chi connectivity index (χ4n) is 3.62. The van der Waals surface area contributed by atoms with Crippen LogP contribution in [0.1, 0.15) is 22.3 Å². The van der Waals surface area contributed by atoms with Crippen molar-refractivity contribution in [1.29, 1.82) is 0 Å². The van der Waals surface area contributed by atoms with Gasteiger partial charge in [0.1, 0.15) is 0 Å². The summed E-state index contributed by atoms with van der Waals surface area (Å²) in [6.07, 6.45) is 6.71. The summed E-state index contributed by atoms with van der Waals surface area (Å²) >= 11 is 0. The lowest BCUT2D eigenvalue weighted by molar-refractivity contribution is 0.378. The molecule has 1 aliphatic rings. The Kier molecular flexibility index (Phi) is 7.08. The summed E-state index contributed by atoms with van der Waals surface area (Å²) in [5.41, 5.74) is 5.38. The van der Waals surface area contributed by atoms with Crippen molar-refractivity contribution < 1.29 is 0 Å². The van der Waals surface area contributed by atoms with Crippen molar-refractivity contribution in [2.24, 2.45) is 4.99 Å². The van der Waals surface area contributed by atoms with E-state index in [1.807, 2.05) is 25.8 Å². The van der Waals surface area contributed by atoms with E-state index in [0.29, 0.717) is 0 Å². The number of aromatic nitrogens is 2. The van der Waals surface area contributed by atoms with Crippen LogP contribution < -0.4 is 5.32 Å². The standard InChI is InChI=1S/C22H25N5.HI/c1-23-22(27-11-9-20-7-2-3-8-21(20)16-27)25-14-18-5-4-6-19(13-18)15-26-12-10-24-17-26;/h2-8,10,12-13,17H,9,11,14-16H2,1H3,(H,23,25);1H. The van der Waals surface area contributed by atoms with Gasteiger partial charge in [-0.15, -0.1) is 24.0 Å². The Morgan fingerprint density at radius 3 is 2.71 bits per heavy atom. The van der Waals surface area contributed by atoms with Gasteiger partial charge >= 0.3 is 0 Å². The molecule has 0 fully saturated rings. The highest BCUT2D eigenvalue weighted by Crippen LogP contribution is 2.18. The van der Waals surface area contributed by atoms with Crippen molar-refractivity contribution >= 4 is 29.9 Å². The van der Waals surface area contributed by atoms with Crippen LogP contribution in [0.15, 0.2) is 72.2 Å². The highest BCUT2D eigenvalue weighted by Gasteiger charge is 2.18. The maximum atomic E-state index is 4.50. The molecule has 0 aliphatic carbocycles. The number of imidazole rings is 1. The quantitative estimate of drug-likeness (QED) is 0.347. The average Bonchev–Trinajstić information content (AvgIpc) is 3.22. The second kappa shape index (κ2) is 9.73. The molecule has 0 radical (unpaired) electrons. The van der Waals surface area contributed by atoms with Crippen molar-refractivity contribution in [2.45, 2.75) is 26.1 Å². The molecule has 1 aliphatic heterocycles. The summed E-state index contributed by atoms with van der Waals surface area (Å²) < 4.78 is 2.08. The van der Waals surface area contributed by atoms with Crippen LogP contribution in [0.25, 0.3) is 0 Å². The van der Waals surface area contributed by atoms with Gasteiger partial charge in [-0.3, -0.25) is 4.99 Å². The second-order valence-corrected chi connectivity index (χ2v) is 6.90. The number of aliphatic imine (C=N–C) groups is 1. The lowest BCUT2D eigenvalue weighted by Crippen LogP contribution is -2.43. The number of guanidine groups is 1. The number of nitrogens with zero attached hydrogens (tertiary/aromatic N) is 4. The van der Waals surface area contributed by atoms with Crippen LogP contribution >= 0.6 is 24.0 Å². The Hall–Kier alpha value is -2.35. The van der Waals surface area contributed by atoms with Gasteiger partial charge in [0.2, 0.25) is 0 Å². The van der Waals surface area contributed by atoms with Crippen LogP contribution in [-0.4, -0.2) is 34.0 Å². The van der Waals surface area contributed by atoms with Crippen molar-refractivity contribution in [3.05, 3.63) is 89.5 Å². The molecular formula is C22H26IN5. The van der Waals surface area contributed by atoms with Gasteiger partial charge in [-0.1, -0.05) is 48.5 Å². The van der Waals surface area contributed by atoms with Gasteiger partial charge in [-0.25, -0.2) is 4.98 Å². The van der Waals surface area contributed by atoms with E-state index in [1.165, 1.54) is 22.3 Å². The van der Waals surface area contributed by atoms with E-state index in [4.69, 9.17) is 0 Å². The first-order valence-electron chi connectivity index (χ1n) is 9.38. The zero-order chi connectivity index (χ0) is 18.5. The highest BCUT2D eigenvalue weighted by atomic mass is 127. The summed E-state index contributed by atoms with van der Waals surface area (Å²) in [7, 11) is 1.86. The molecule has 2 heterocycles. The molecule has 5 nitrogen and oxygen atoms in total. The van der Waals surface area contributed by atoms with E-state index >= 15 is 0 Å². The third-order valence-electron chi connectivity index (χ3n) is 5.01. The molecule has 0 saturated carbocycles. The van der Waals surface area contributed by atoms with Crippen LogP contribution in [0.3, 0.4) is 0 Å². The van der Waals surface area contributed by atoms with Gasteiger partial charge in [0.15, 0.2) is 5.96 Å². The Labute approximate surface area is 183 Å². The molecule has 1 aromatic heterocycles. The minimum absolute atomic E-state index is 0. The van der Waals surface area contributed by atoms with Crippen LogP contribution in [0.2, 0.25) is 0 Å². The highest BCUT2D eigenvalue weighted by molar-refractivity contribution is 14.0. The second-order valence-electron chi connectivity index (χ2n) is 6.90. The summed E-state index contributed by atoms with van der Waals surface area (Å²) in [6, 6.07) is 17.4. The first-order valence-corrected chi connectivity index (χ1v) is 9.38. The van der Waals surface area contributed by atoms with Crippen molar-refractivity contribution in [3.63, 3.8) is 0 Å². The molecule has 4 rings (SSSR count). The van der Waals surface area contributed by atoms with Gasteiger partial charge in [-0.2, -0.15) is 0 Å². The average molecular weight is 487 g/mol. The van der Waals surface area contributed by atoms with E-state index in [2.05, 4.69) is 73.3 Å². The predicted octanol–water partition coefficient (Wildman–Crippen LogP) is 3.68. The SMILES string of the molecule is CN=C(NCc1cccc(Cn2ccnc2)c1)N1CCc2ccccc2C1.I. The Bertz CT molecular complexity index is 920. The fourth-order valence-corrected chi connectivity index (χ4v) is 3.62. The maximum absolute atomic E-state index is 4.50. The van der Waals surface area contributed by atoms with Crippen LogP contribution in [0.5, 0.6) is 0 Å². The lowest BCUT2D eigenvalue weighted by Gasteiger charge is -2.31. The topological polar surface area (TPSA) is 45.5 Å². The van der Waals surface area contributed by atoms with Crippen molar-refractivity contribution in [3.8, 4) is 0 Å². The number of rotatable bonds is 4. The molecule has 0 amide bonds. The van der Waals surface area contributed by atoms with Crippen molar-refractivity contribution in [1.82, 2.24) is 19.8 Å². The van der Waals surface area contributed by atoms with Gasteiger partial charge in [0.25, 0.3) is 0 Å². The number of hydrogen-bond acceptors (Lipinski definition) is 2. The molecule has 0 spiro atoms. The molecule has 146 valence electrons. The smallest absolute Gasteiger partial charge is 0.194 e. The minimum Gasteiger partial charge on any atom is -0.352 e. The maximum Gasteiger partial charge on any atom is 0.194 e. The molecule has 0 atom stereocenters. The van der Waals surface area contributed by atoms with Crippen LogP contribution in [-0.2, 0) is 26.1 Å². The molecule has 28 heavy (non-hydrogen) atoms. The Morgan fingerprint density at radius 2 is 1.93 bits per heavy atom. The van der Waals surface area contributed by atoms with E-state index in [-0.39, 0.29) is 24.0 Å². The predicted molar refractivity (Wildman–Crippen MR) is 124 cm³/mol. The molecule has 1 N–H and O–H groups in total. The van der Waals surface area contributed by atoms with E-state index in [9.17, 15) is 0 Å². The first-order chi connectivity index (χ1) is 13.3. The lowest BCUT2D eigenvalue weighted by atomic mass is 10.0. The van der Waals surface area contributed by atoms with E-state index in [1.54, 1.807) is 0 Å². The number of hydrogen-bond donors (Lipinski definition) is 1. The number of nitrogens with one attached hydrogen (secondary N) is 1. The normalized spacial score (nSPS) is 13.6. The summed E-state index contributed by atoms with van der Waals surface area (Å²) in [6.45, 7) is 3.52. The molecular weight excluding hydrogens is 461 g/mol. The van der Waals surface area contributed by atoms with Gasteiger partial charge < -0.3 is 14.8 Å². The van der Waals surface area contributed by atoms with Gasteiger partial charge in [-0.05, 0) is 28.7 Å². The van der Waals surface area contributed by atoms with E-state index in [0.717, 1.165) is 38.6 Å². The number of halogens is 1. The minimum atomic E-state index is 0. The third kappa shape index (κ3) is 4.92. The van der Waals surface area contributed by atoms with Crippen LogP contribution in [0, 0.1) is 0 Å². The summed E-state index contributed by atoms with van der Waals surface area (Å²) in [5.74, 6) is 0.963. The summed E-state index contributed by atoms with van der Waals surface area (Å²) in [5, 5.41) is 3.53. The largest absolute Gasteiger partial charge is 0.352 e.